The summed E-state index contributed by atoms with van der Waals surface area (Å²) in [6, 6.07) is -1.37. The van der Waals surface area contributed by atoms with Crippen molar-refractivity contribution in [3.05, 3.63) is 0 Å². The molecule has 8 heteroatoms. The summed E-state index contributed by atoms with van der Waals surface area (Å²) in [5.41, 5.74) is 0. The zero-order chi connectivity index (χ0) is 16.0. The Morgan fingerprint density at radius 2 is 2.00 bits per heavy atom. The van der Waals surface area contributed by atoms with Crippen LogP contribution in [0.4, 0.5) is 13.6 Å². The standard InChI is InChI=1S/C13H19F2NO5/c1-3-21-11(18)7-10(17)8-4-5-16(13(19)20-2)9(6-8)12(14)15/h8-9,12H,3-7H2,1-2H3/t8-,9-/m1/s1. The number of ketones is 1. The van der Waals surface area contributed by atoms with Crippen molar-refractivity contribution in [2.24, 2.45) is 5.92 Å². The van der Waals surface area contributed by atoms with E-state index in [1.165, 1.54) is 0 Å². The summed E-state index contributed by atoms with van der Waals surface area (Å²) in [5.74, 6) is -1.76. The second kappa shape index (κ2) is 7.90. The predicted molar refractivity (Wildman–Crippen MR) is 67.9 cm³/mol. The van der Waals surface area contributed by atoms with Crippen molar-refractivity contribution in [2.45, 2.75) is 38.7 Å². The van der Waals surface area contributed by atoms with Gasteiger partial charge in [0.25, 0.3) is 6.43 Å². The van der Waals surface area contributed by atoms with Gasteiger partial charge in [-0.25, -0.2) is 13.6 Å². The molecule has 0 aliphatic carbocycles. The van der Waals surface area contributed by atoms with Crippen LogP contribution in [0.2, 0.25) is 0 Å². The number of hydrogen-bond acceptors (Lipinski definition) is 5. The van der Waals surface area contributed by atoms with Gasteiger partial charge in [-0.2, -0.15) is 0 Å². The third-order valence-electron chi connectivity index (χ3n) is 3.42. The summed E-state index contributed by atoms with van der Waals surface area (Å²) in [5, 5.41) is 0. The minimum atomic E-state index is -2.78. The maximum atomic E-state index is 13.0. The summed E-state index contributed by atoms with van der Waals surface area (Å²) >= 11 is 0. The van der Waals surface area contributed by atoms with E-state index >= 15 is 0 Å². The molecule has 1 saturated heterocycles. The first-order chi connectivity index (χ1) is 9.90. The molecule has 1 aliphatic rings. The summed E-state index contributed by atoms with van der Waals surface area (Å²) in [7, 11) is 1.11. The highest BCUT2D eigenvalue weighted by atomic mass is 19.3. The van der Waals surface area contributed by atoms with Crippen LogP contribution in [0.15, 0.2) is 0 Å². The number of Topliss-reactive ketones (excluding diaryl/α,β-unsaturated/α-hetero) is 1. The molecule has 0 spiro atoms. The van der Waals surface area contributed by atoms with Crippen molar-refractivity contribution >= 4 is 17.8 Å². The van der Waals surface area contributed by atoms with Gasteiger partial charge in [-0.15, -0.1) is 0 Å². The minimum Gasteiger partial charge on any atom is -0.466 e. The number of nitrogens with zero attached hydrogens (tertiary/aromatic N) is 1. The highest BCUT2D eigenvalue weighted by Crippen LogP contribution is 2.28. The number of carbonyl (C=O) groups excluding carboxylic acids is 3. The molecule has 1 amide bonds. The lowest BCUT2D eigenvalue weighted by Gasteiger charge is -2.37. The Labute approximate surface area is 121 Å². The molecule has 0 aromatic rings. The smallest absolute Gasteiger partial charge is 0.409 e. The summed E-state index contributed by atoms with van der Waals surface area (Å²) in [6.45, 7) is 1.78. The van der Waals surface area contributed by atoms with Gasteiger partial charge in [0.05, 0.1) is 19.8 Å². The van der Waals surface area contributed by atoms with Gasteiger partial charge in [0.15, 0.2) is 0 Å². The fraction of sp³-hybridized carbons (Fsp3) is 0.769. The Morgan fingerprint density at radius 1 is 1.33 bits per heavy atom. The van der Waals surface area contributed by atoms with Crippen molar-refractivity contribution in [3.8, 4) is 0 Å². The number of alkyl halides is 2. The molecule has 1 heterocycles. The molecule has 1 rings (SSSR count). The van der Waals surface area contributed by atoms with E-state index in [9.17, 15) is 23.2 Å². The number of rotatable bonds is 5. The van der Waals surface area contributed by atoms with Gasteiger partial charge in [0, 0.05) is 12.5 Å². The Balaban J connectivity index is 2.67. The van der Waals surface area contributed by atoms with Crippen LogP contribution >= 0.6 is 0 Å². The number of likely N-dealkylation sites (tertiary alicyclic amines) is 1. The minimum absolute atomic E-state index is 0.000905. The van der Waals surface area contributed by atoms with Gasteiger partial charge in [-0.1, -0.05) is 0 Å². The molecule has 0 N–H and O–H groups in total. The maximum absolute atomic E-state index is 13.0. The summed E-state index contributed by atoms with van der Waals surface area (Å²) < 4.78 is 35.2. The van der Waals surface area contributed by atoms with Crippen molar-refractivity contribution in [2.75, 3.05) is 20.3 Å². The molecule has 120 valence electrons. The van der Waals surface area contributed by atoms with Crippen LogP contribution in [0.25, 0.3) is 0 Å². The van der Waals surface area contributed by atoms with Crippen LogP contribution in [-0.2, 0) is 19.1 Å². The van der Waals surface area contributed by atoms with Gasteiger partial charge in [-0.3, -0.25) is 14.5 Å². The van der Waals surface area contributed by atoms with Crippen molar-refractivity contribution in [3.63, 3.8) is 0 Å². The van der Waals surface area contributed by atoms with E-state index < -0.39 is 42.7 Å². The van der Waals surface area contributed by atoms with Gasteiger partial charge < -0.3 is 9.47 Å². The largest absolute Gasteiger partial charge is 0.466 e. The second-order valence-electron chi connectivity index (χ2n) is 4.73. The number of methoxy groups -OCH3 is 1. The quantitative estimate of drug-likeness (QED) is 0.570. The number of esters is 1. The highest BCUT2D eigenvalue weighted by Gasteiger charge is 2.40. The Morgan fingerprint density at radius 3 is 2.52 bits per heavy atom. The Hall–Kier alpha value is -1.73. The molecule has 2 atom stereocenters. The molecule has 0 radical (unpaired) electrons. The van der Waals surface area contributed by atoms with Crippen molar-refractivity contribution in [1.29, 1.82) is 0 Å². The van der Waals surface area contributed by atoms with Crippen LogP contribution in [0.5, 0.6) is 0 Å². The number of hydrogen-bond donors (Lipinski definition) is 0. The molecule has 0 saturated carbocycles. The van der Waals surface area contributed by atoms with Crippen molar-refractivity contribution < 1.29 is 32.6 Å². The van der Waals surface area contributed by atoms with E-state index in [-0.39, 0.29) is 26.0 Å². The summed E-state index contributed by atoms with van der Waals surface area (Å²) in [6.07, 6.45) is -3.98. The fourth-order valence-electron chi connectivity index (χ4n) is 2.37. The van der Waals surface area contributed by atoms with E-state index in [4.69, 9.17) is 0 Å². The average Bonchev–Trinajstić information content (AvgIpc) is 2.45. The molecular formula is C13H19F2NO5. The predicted octanol–water partition coefficient (Wildman–Crippen LogP) is 1.62. The van der Waals surface area contributed by atoms with E-state index in [0.29, 0.717) is 0 Å². The zero-order valence-electron chi connectivity index (χ0n) is 12.0. The highest BCUT2D eigenvalue weighted by molar-refractivity contribution is 5.96. The SMILES string of the molecule is CCOC(=O)CC(=O)[C@@H]1CCN(C(=O)OC)[C@@H](C(F)F)C1. The second-order valence-corrected chi connectivity index (χ2v) is 4.73. The van der Waals surface area contributed by atoms with E-state index in [0.717, 1.165) is 12.0 Å². The Kier molecular flexibility index (Phi) is 6.51. The lowest BCUT2D eigenvalue weighted by molar-refractivity contribution is -0.147. The lowest BCUT2D eigenvalue weighted by atomic mass is 9.86. The average molecular weight is 307 g/mol. The molecule has 1 fully saturated rings. The molecule has 1 aliphatic heterocycles. The van der Waals surface area contributed by atoms with Crippen LogP contribution in [-0.4, -0.2) is 55.5 Å². The molecule has 6 nitrogen and oxygen atoms in total. The number of halogens is 2. The van der Waals surface area contributed by atoms with E-state index in [1.807, 2.05) is 0 Å². The third-order valence-corrected chi connectivity index (χ3v) is 3.42. The molecule has 21 heavy (non-hydrogen) atoms. The normalized spacial score (nSPS) is 22.0. The van der Waals surface area contributed by atoms with Crippen LogP contribution in [0.3, 0.4) is 0 Å². The molecular weight excluding hydrogens is 288 g/mol. The number of carbonyl (C=O) groups is 3. The first-order valence-corrected chi connectivity index (χ1v) is 6.71. The number of piperidine rings is 1. The van der Waals surface area contributed by atoms with Crippen LogP contribution < -0.4 is 0 Å². The zero-order valence-corrected chi connectivity index (χ0v) is 12.0. The van der Waals surface area contributed by atoms with E-state index in [2.05, 4.69) is 9.47 Å². The maximum Gasteiger partial charge on any atom is 0.409 e. The van der Waals surface area contributed by atoms with Gasteiger partial charge in [0.1, 0.15) is 12.2 Å². The fourth-order valence-corrected chi connectivity index (χ4v) is 2.37. The van der Waals surface area contributed by atoms with Crippen LogP contribution in [0, 0.1) is 5.92 Å². The monoisotopic (exact) mass is 307 g/mol. The van der Waals surface area contributed by atoms with E-state index in [1.54, 1.807) is 6.92 Å². The van der Waals surface area contributed by atoms with Gasteiger partial charge >= 0.3 is 12.1 Å². The van der Waals surface area contributed by atoms with Gasteiger partial charge in [0.2, 0.25) is 0 Å². The topological polar surface area (TPSA) is 72.9 Å². The molecule has 0 unspecified atom stereocenters. The number of ether oxygens (including phenoxy) is 2. The lowest BCUT2D eigenvalue weighted by Crippen LogP contribution is -2.50. The summed E-state index contributed by atoms with van der Waals surface area (Å²) in [4.78, 5) is 35.5. The van der Waals surface area contributed by atoms with Gasteiger partial charge in [-0.05, 0) is 19.8 Å². The first-order valence-electron chi connectivity index (χ1n) is 6.71. The molecule has 0 aromatic carbocycles. The van der Waals surface area contributed by atoms with Crippen LogP contribution in [0.1, 0.15) is 26.2 Å². The first kappa shape index (κ1) is 17.3. The van der Waals surface area contributed by atoms with Crippen molar-refractivity contribution in [1.82, 2.24) is 4.90 Å². The molecule has 0 aromatic heterocycles. The molecule has 0 bridgehead atoms. The third kappa shape index (κ3) is 4.64. The number of amides is 1. The Bertz CT molecular complexity index is 402.